The Balaban J connectivity index is 2.36. The van der Waals surface area contributed by atoms with E-state index in [4.69, 9.17) is 0 Å². The van der Waals surface area contributed by atoms with Gasteiger partial charge in [0.2, 0.25) is 5.91 Å². The van der Waals surface area contributed by atoms with Gasteiger partial charge in [0, 0.05) is 26.2 Å². The highest BCUT2D eigenvalue weighted by Gasteiger charge is 2.37. The van der Waals surface area contributed by atoms with Crippen molar-refractivity contribution in [3.63, 3.8) is 0 Å². The molecule has 2 atom stereocenters. The van der Waals surface area contributed by atoms with Crippen molar-refractivity contribution in [1.29, 1.82) is 0 Å². The van der Waals surface area contributed by atoms with Crippen LogP contribution in [0.15, 0.2) is 24.3 Å². The van der Waals surface area contributed by atoms with E-state index in [9.17, 15) is 9.18 Å². The lowest BCUT2D eigenvalue weighted by Gasteiger charge is -2.44. The second-order valence-corrected chi connectivity index (χ2v) is 4.98. The van der Waals surface area contributed by atoms with Crippen LogP contribution in [0.3, 0.4) is 0 Å². The fourth-order valence-electron chi connectivity index (χ4n) is 2.46. The molecule has 0 radical (unpaired) electrons. The van der Waals surface area contributed by atoms with Crippen LogP contribution in [0, 0.1) is 5.82 Å². The predicted molar refractivity (Wildman–Crippen MR) is 73.7 cm³/mol. The van der Waals surface area contributed by atoms with Gasteiger partial charge < -0.3 is 15.1 Å². The van der Waals surface area contributed by atoms with Gasteiger partial charge in [-0.2, -0.15) is 0 Å². The number of para-hydroxylation sites is 1. The zero-order valence-corrected chi connectivity index (χ0v) is 11.6. The lowest BCUT2D eigenvalue weighted by molar-refractivity contribution is -0.134. The third kappa shape index (κ3) is 2.56. The van der Waals surface area contributed by atoms with E-state index in [1.165, 1.54) is 6.07 Å². The Morgan fingerprint density at radius 1 is 1.42 bits per heavy atom. The van der Waals surface area contributed by atoms with Gasteiger partial charge in [0.15, 0.2) is 0 Å². The molecule has 1 fully saturated rings. The minimum Gasteiger partial charge on any atom is -0.354 e. The van der Waals surface area contributed by atoms with Crippen LogP contribution in [0.25, 0.3) is 0 Å². The first-order chi connectivity index (χ1) is 9.06. The van der Waals surface area contributed by atoms with E-state index in [2.05, 4.69) is 5.32 Å². The van der Waals surface area contributed by atoms with Gasteiger partial charge in [0.1, 0.15) is 11.9 Å². The highest BCUT2D eigenvalue weighted by atomic mass is 19.1. The highest BCUT2D eigenvalue weighted by Crippen LogP contribution is 2.25. The number of piperazine rings is 1. The van der Waals surface area contributed by atoms with E-state index in [0.717, 1.165) is 0 Å². The summed E-state index contributed by atoms with van der Waals surface area (Å²) in [6.45, 7) is 3.11. The van der Waals surface area contributed by atoms with Crippen molar-refractivity contribution in [3.05, 3.63) is 30.1 Å². The summed E-state index contributed by atoms with van der Waals surface area (Å²) in [6.07, 6.45) is 0. The number of anilines is 1. The molecule has 0 bridgehead atoms. The summed E-state index contributed by atoms with van der Waals surface area (Å²) < 4.78 is 14.0. The van der Waals surface area contributed by atoms with E-state index >= 15 is 0 Å². The van der Waals surface area contributed by atoms with Crippen molar-refractivity contribution in [2.75, 3.05) is 32.1 Å². The molecule has 1 aromatic rings. The second kappa shape index (κ2) is 5.57. The van der Waals surface area contributed by atoms with Gasteiger partial charge in [0.05, 0.1) is 5.69 Å². The zero-order valence-electron chi connectivity index (χ0n) is 11.6. The topological polar surface area (TPSA) is 35.6 Å². The largest absolute Gasteiger partial charge is 0.354 e. The van der Waals surface area contributed by atoms with E-state index in [1.54, 1.807) is 37.2 Å². The van der Waals surface area contributed by atoms with Crippen LogP contribution >= 0.6 is 0 Å². The van der Waals surface area contributed by atoms with Gasteiger partial charge in [-0.3, -0.25) is 4.79 Å². The molecule has 1 saturated heterocycles. The van der Waals surface area contributed by atoms with Crippen molar-refractivity contribution >= 4 is 11.6 Å². The molecule has 0 aromatic heterocycles. The minimum absolute atomic E-state index is 0.0244. The van der Waals surface area contributed by atoms with Crippen LogP contribution in [0.1, 0.15) is 6.92 Å². The highest BCUT2D eigenvalue weighted by molar-refractivity contribution is 5.87. The summed E-state index contributed by atoms with van der Waals surface area (Å²) in [5, 5.41) is 3.01. The van der Waals surface area contributed by atoms with Crippen LogP contribution in [0.4, 0.5) is 10.1 Å². The number of nitrogens with one attached hydrogen (secondary N) is 1. The smallest absolute Gasteiger partial charge is 0.246 e. The molecule has 1 aromatic carbocycles. The fraction of sp³-hybridized carbons (Fsp3) is 0.500. The molecule has 1 aliphatic rings. The van der Waals surface area contributed by atoms with Crippen LogP contribution in [-0.2, 0) is 4.79 Å². The fourth-order valence-corrected chi connectivity index (χ4v) is 2.46. The van der Waals surface area contributed by atoms with Crippen LogP contribution < -0.4 is 10.2 Å². The average molecular weight is 265 g/mol. The summed E-state index contributed by atoms with van der Waals surface area (Å²) in [7, 11) is 3.60. The molecule has 19 heavy (non-hydrogen) atoms. The summed E-state index contributed by atoms with van der Waals surface area (Å²) in [5.74, 6) is -0.260. The third-order valence-electron chi connectivity index (χ3n) is 3.69. The van der Waals surface area contributed by atoms with Crippen molar-refractivity contribution in [3.8, 4) is 0 Å². The SMILES string of the molecule is CNCC1C(=O)N(C)C(C)CN1c1ccccc1F. The normalized spacial score (nSPS) is 23.9. The Hall–Kier alpha value is -1.62. The van der Waals surface area contributed by atoms with Gasteiger partial charge in [-0.25, -0.2) is 4.39 Å². The summed E-state index contributed by atoms with van der Waals surface area (Å²) in [4.78, 5) is 15.9. The van der Waals surface area contributed by atoms with E-state index in [0.29, 0.717) is 18.8 Å². The third-order valence-corrected chi connectivity index (χ3v) is 3.69. The van der Waals surface area contributed by atoms with E-state index in [-0.39, 0.29) is 23.8 Å². The van der Waals surface area contributed by atoms with Gasteiger partial charge in [-0.15, -0.1) is 0 Å². The van der Waals surface area contributed by atoms with Gasteiger partial charge in [-0.1, -0.05) is 12.1 Å². The van der Waals surface area contributed by atoms with Gasteiger partial charge in [-0.05, 0) is 26.1 Å². The van der Waals surface area contributed by atoms with E-state index in [1.807, 2.05) is 11.8 Å². The molecule has 1 heterocycles. The number of hydrogen-bond acceptors (Lipinski definition) is 3. The molecular weight excluding hydrogens is 245 g/mol. The number of carbonyl (C=O) groups excluding carboxylic acids is 1. The number of amides is 1. The Morgan fingerprint density at radius 3 is 2.74 bits per heavy atom. The minimum atomic E-state index is -0.358. The quantitative estimate of drug-likeness (QED) is 0.888. The van der Waals surface area contributed by atoms with Gasteiger partial charge >= 0.3 is 0 Å². The van der Waals surface area contributed by atoms with Crippen LogP contribution in [0.5, 0.6) is 0 Å². The Bertz CT molecular complexity index is 466. The first-order valence-electron chi connectivity index (χ1n) is 6.48. The number of halogens is 1. The summed E-state index contributed by atoms with van der Waals surface area (Å²) in [5.41, 5.74) is 0.496. The molecular formula is C14H20FN3O. The lowest BCUT2D eigenvalue weighted by Crippen LogP contribution is -2.62. The first kappa shape index (κ1) is 13.8. The maximum atomic E-state index is 14.0. The monoisotopic (exact) mass is 265 g/mol. The molecule has 5 heteroatoms. The molecule has 0 saturated carbocycles. The molecule has 0 aliphatic carbocycles. The Labute approximate surface area is 113 Å². The molecule has 4 nitrogen and oxygen atoms in total. The molecule has 1 aliphatic heterocycles. The maximum absolute atomic E-state index is 14.0. The number of hydrogen-bond donors (Lipinski definition) is 1. The average Bonchev–Trinajstić information content (AvgIpc) is 2.40. The molecule has 0 spiro atoms. The zero-order chi connectivity index (χ0) is 14.0. The molecule has 1 N–H and O–H groups in total. The Morgan fingerprint density at radius 2 is 2.11 bits per heavy atom. The van der Waals surface area contributed by atoms with Crippen LogP contribution in [0.2, 0.25) is 0 Å². The lowest BCUT2D eigenvalue weighted by atomic mass is 10.1. The predicted octanol–water partition coefficient (Wildman–Crippen LogP) is 1.08. The van der Waals surface area contributed by atoms with Crippen LogP contribution in [-0.4, -0.2) is 50.1 Å². The van der Waals surface area contributed by atoms with Crippen molar-refractivity contribution in [2.45, 2.75) is 19.0 Å². The molecule has 104 valence electrons. The van der Waals surface area contributed by atoms with Gasteiger partial charge in [0.25, 0.3) is 0 Å². The molecule has 1 amide bonds. The van der Waals surface area contributed by atoms with E-state index < -0.39 is 0 Å². The standard InChI is InChI=1S/C14H20FN3O/c1-10-9-18(12-7-5-4-6-11(12)15)13(8-16-2)14(19)17(10)3/h4-7,10,13,16H,8-9H2,1-3H3. The number of rotatable bonds is 3. The Kier molecular flexibility index (Phi) is 4.04. The van der Waals surface area contributed by atoms with Crippen molar-refractivity contribution in [2.24, 2.45) is 0 Å². The summed E-state index contributed by atoms with van der Waals surface area (Å²) >= 11 is 0. The summed E-state index contributed by atoms with van der Waals surface area (Å²) in [6, 6.07) is 6.32. The van der Waals surface area contributed by atoms with Crippen molar-refractivity contribution in [1.82, 2.24) is 10.2 Å². The first-order valence-corrected chi connectivity index (χ1v) is 6.48. The second-order valence-electron chi connectivity index (χ2n) is 4.98. The number of benzene rings is 1. The number of likely N-dealkylation sites (N-methyl/N-ethyl adjacent to an activating group) is 2. The molecule has 2 rings (SSSR count). The number of carbonyl (C=O) groups is 1. The maximum Gasteiger partial charge on any atom is 0.246 e. The number of nitrogens with zero attached hydrogens (tertiary/aromatic N) is 2. The molecule has 2 unspecified atom stereocenters. The van der Waals surface area contributed by atoms with Crippen molar-refractivity contribution < 1.29 is 9.18 Å².